The van der Waals surface area contributed by atoms with Gasteiger partial charge in [-0.1, -0.05) is 13.8 Å². The molecule has 4 heteroatoms. The van der Waals surface area contributed by atoms with E-state index in [0.29, 0.717) is 31.3 Å². The molecular weight excluding hydrogens is 228 g/mol. The fraction of sp³-hybridized carbons (Fsp3) is 0.857. The minimum absolute atomic E-state index is 0.000184. The summed E-state index contributed by atoms with van der Waals surface area (Å²) in [6, 6.07) is 2.23. The van der Waals surface area contributed by atoms with Crippen LogP contribution in [0.4, 0.5) is 0 Å². The van der Waals surface area contributed by atoms with Crippen LogP contribution >= 0.6 is 0 Å². The Balaban J connectivity index is 2.33. The Morgan fingerprint density at radius 2 is 2.00 bits per heavy atom. The number of nitriles is 1. The van der Waals surface area contributed by atoms with E-state index in [9.17, 15) is 4.79 Å². The molecule has 0 heterocycles. The van der Waals surface area contributed by atoms with Crippen molar-refractivity contribution in [2.75, 3.05) is 6.61 Å². The van der Waals surface area contributed by atoms with Gasteiger partial charge in [0.1, 0.15) is 5.54 Å². The molecule has 0 spiro atoms. The molecule has 0 aromatic carbocycles. The SMILES string of the molecule is CCOC1CC(CC(=O)NC(C#N)(CC)CC)C1. The molecule has 0 aromatic heterocycles. The third-order valence-corrected chi connectivity index (χ3v) is 3.87. The van der Waals surface area contributed by atoms with Gasteiger partial charge in [0.2, 0.25) is 5.91 Å². The molecular formula is C14H24N2O2. The van der Waals surface area contributed by atoms with Crippen LogP contribution in [-0.4, -0.2) is 24.2 Å². The van der Waals surface area contributed by atoms with Crippen LogP contribution < -0.4 is 5.32 Å². The number of hydrogen-bond donors (Lipinski definition) is 1. The second-order valence-corrected chi connectivity index (χ2v) is 5.07. The van der Waals surface area contributed by atoms with Gasteiger partial charge in [-0.05, 0) is 38.5 Å². The van der Waals surface area contributed by atoms with E-state index in [1.807, 2.05) is 20.8 Å². The van der Waals surface area contributed by atoms with Crippen molar-refractivity contribution in [2.24, 2.45) is 5.92 Å². The zero-order chi connectivity index (χ0) is 13.6. The normalized spacial score (nSPS) is 23.0. The molecule has 102 valence electrons. The summed E-state index contributed by atoms with van der Waals surface area (Å²) in [5.41, 5.74) is -0.680. The third-order valence-electron chi connectivity index (χ3n) is 3.87. The molecule has 0 saturated heterocycles. The zero-order valence-corrected chi connectivity index (χ0v) is 11.7. The molecule has 1 amide bonds. The Morgan fingerprint density at radius 1 is 1.39 bits per heavy atom. The molecule has 1 fully saturated rings. The molecule has 0 bridgehead atoms. The maximum absolute atomic E-state index is 11.9. The van der Waals surface area contributed by atoms with Gasteiger partial charge in [0.25, 0.3) is 0 Å². The van der Waals surface area contributed by atoms with Gasteiger partial charge >= 0.3 is 0 Å². The van der Waals surface area contributed by atoms with Crippen LogP contribution in [0.1, 0.15) is 52.9 Å². The predicted octanol–water partition coefficient (Wildman–Crippen LogP) is 2.39. The van der Waals surface area contributed by atoms with Crippen LogP contribution in [0, 0.1) is 17.2 Å². The van der Waals surface area contributed by atoms with Crippen LogP contribution in [0.2, 0.25) is 0 Å². The highest BCUT2D eigenvalue weighted by Gasteiger charge is 2.33. The lowest BCUT2D eigenvalue weighted by molar-refractivity contribution is -0.125. The largest absolute Gasteiger partial charge is 0.378 e. The standard InChI is InChI=1S/C14H24N2O2/c1-4-14(5-2,10-15)16-13(17)9-11-7-12(8-11)18-6-3/h11-12H,4-9H2,1-3H3,(H,16,17). The van der Waals surface area contributed by atoms with Crippen molar-refractivity contribution in [1.82, 2.24) is 5.32 Å². The molecule has 0 aliphatic heterocycles. The number of nitrogens with zero attached hydrogens (tertiary/aromatic N) is 1. The molecule has 4 nitrogen and oxygen atoms in total. The number of ether oxygens (including phenoxy) is 1. The summed E-state index contributed by atoms with van der Waals surface area (Å²) in [7, 11) is 0. The Bertz CT molecular complexity index is 312. The van der Waals surface area contributed by atoms with Crippen LogP contribution in [0.3, 0.4) is 0 Å². The molecule has 0 atom stereocenters. The van der Waals surface area contributed by atoms with Crippen molar-refractivity contribution in [2.45, 2.75) is 64.5 Å². The second kappa shape index (κ2) is 6.75. The Labute approximate surface area is 110 Å². The van der Waals surface area contributed by atoms with Crippen LogP contribution in [0.25, 0.3) is 0 Å². The topological polar surface area (TPSA) is 62.1 Å². The molecule has 0 unspecified atom stereocenters. The first-order valence-electron chi connectivity index (χ1n) is 6.93. The lowest BCUT2D eigenvalue weighted by Crippen LogP contribution is -2.47. The number of rotatable bonds is 7. The molecule has 0 aromatic rings. The van der Waals surface area contributed by atoms with E-state index in [2.05, 4.69) is 11.4 Å². The Hall–Kier alpha value is -1.08. The van der Waals surface area contributed by atoms with E-state index in [1.54, 1.807) is 0 Å². The van der Waals surface area contributed by atoms with E-state index in [4.69, 9.17) is 10.00 Å². The van der Waals surface area contributed by atoms with E-state index >= 15 is 0 Å². The van der Waals surface area contributed by atoms with Crippen molar-refractivity contribution in [1.29, 1.82) is 5.26 Å². The number of nitrogens with one attached hydrogen (secondary N) is 1. The highest BCUT2D eigenvalue weighted by Crippen LogP contribution is 2.32. The average molecular weight is 252 g/mol. The summed E-state index contributed by atoms with van der Waals surface area (Å²) in [5.74, 6) is 0.423. The Kier molecular flexibility index (Phi) is 5.61. The quantitative estimate of drug-likeness (QED) is 0.756. The summed E-state index contributed by atoms with van der Waals surface area (Å²) in [6.45, 7) is 6.60. The highest BCUT2D eigenvalue weighted by molar-refractivity contribution is 5.77. The first-order chi connectivity index (χ1) is 8.59. The molecule has 1 N–H and O–H groups in total. The summed E-state index contributed by atoms with van der Waals surface area (Å²) in [5, 5.41) is 12.0. The molecule has 1 aliphatic carbocycles. The van der Waals surface area contributed by atoms with Gasteiger partial charge in [-0.15, -0.1) is 0 Å². The van der Waals surface area contributed by atoms with Gasteiger partial charge in [0, 0.05) is 13.0 Å². The van der Waals surface area contributed by atoms with Gasteiger partial charge in [0.05, 0.1) is 12.2 Å². The number of amides is 1. The first kappa shape index (κ1) is 15.0. The first-order valence-corrected chi connectivity index (χ1v) is 6.93. The van der Waals surface area contributed by atoms with Gasteiger partial charge in [-0.25, -0.2) is 0 Å². The number of hydrogen-bond acceptors (Lipinski definition) is 3. The lowest BCUT2D eigenvalue weighted by atomic mass is 9.79. The average Bonchev–Trinajstić information content (AvgIpc) is 2.34. The maximum atomic E-state index is 11.9. The van der Waals surface area contributed by atoms with Gasteiger partial charge in [-0.2, -0.15) is 5.26 Å². The van der Waals surface area contributed by atoms with Crippen molar-refractivity contribution in [3.8, 4) is 6.07 Å². The highest BCUT2D eigenvalue weighted by atomic mass is 16.5. The fourth-order valence-corrected chi connectivity index (χ4v) is 2.41. The van der Waals surface area contributed by atoms with E-state index in [-0.39, 0.29) is 5.91 Å². The van der Waals surface area contributed by atoms with Gasteiger partial charge in [-0.3, -0.25) is 4.79 Å². The monoisotopic (exact) mass is 252 g/mol. The smallest absolute Gasteiger partial charge is 0.221 e. The molecule has 1 saturated carbocycles. The second-order valence-electron chi connectivity index (χ2n) is 5.07. The number of carbonyl (C=O) groups excluding carboxylic acids is 1. The van der Waals surface area contributed by atoms with Crippen molar-refractivity contribution in [3.63, 3.8) is 0 Å². The van der Waals surface area contributed by atoms with Gasteiger partial charge < -0.3 is 10.1 Å². The van der Waals surface area contributed by atoms with Crippen LogP contribution in [0.5, 0.6) is 0 Å². The molecule has 0 radical (unpaired) electrons. The Morgan fingerprint density at radius 3 is 2.44 bits per heavy atom. The minimum Gasteiger partial charge on any atom is -0.378 e. The third kappa shape index (κ3) is 3.71. The lowest BCUT2D eigenvalue weighted by Gasteiger charge is -2.35. The maximum Gasteiger partial charge on any atom is 0.221 e. The fourth-order valence-electron chi connectivity index (χ4n) is 2.41. The molecule has 1 rings (SSSR count). The summed E-state index contributed by atoms with van der Waals surface area (Å²) < 4.78 is 5.47. The van der Waals surface area contributed by atoms with Crippen LogP contribution in [0.15, 0.2) is 0 Å². The summed E-state index contributed by atoms with van der Waals surface area (Å²) >= 11 is 0. The van der Waals surface area contributed by atoms with Gasteiger partial charge in [0.15, 0.2) is 0 Å². The van der Waals surface area contributed by atoms with Crippen LogP contribution in [-0.2, 0) is 9.53 Å². The summed E-state index contributed by atoms with van der Waals surface area (Å²) in [6.07, 6.45) is 4.10. The van der Waals surface area contributed by atoms with E-state index < -0.39 is 5.54 Å². The van der Waals surface area contributed by atoms with Crippen molar-refractivity contribution >= 4 is 5.91 Å². The zero-order valence-electron chi connectivity index (χ0n) is 11.7. The molecule has 1 aliphatic rings. The van der Waals surface area contributed by atoms with Crippen molar-refractivity contribution in [3.05, 3.63) is 0 Å². The predicted molar refractivity (Wildman–Crippen MR) is 69.8 cm³/mol. The van der Waals surface area contributed by atoms with E-state index in [1.165, 1.54) is 0 Å². The number of carbonyl (C=O) groups is 1. The molecule has 18 heavy (non-hydrogen) atoms. The minimum atomic E-state index is -0.680. The van der Waals surface area contributed by atoms with Crippen molar-refractivity contribution < 1.29 is 9.53 Å². The van der Waals surface area contributed by atoms with E-state index in [0.717, 1.165) is 19.4 Å². The summed E-state index contributed by atoms with van der Waals surface area (Å²) in [4.78, 5) is 11.9.